The summed E-state index contributed by atoms with van der Waals surface area (Å²) in [7, 11) is 0. The van der Waals surface area contributed by atoms with Crippen LogP contribution in [0, 0.1) is 0 Å². The van der Waals surface area contributed by atoms with Crippen molar-refractivity contribution in [1.29, 1.82) is 0 Å². The monoisotopic (exact) mass is 422 g/mol. The molecule has 3 rings (SSSR count). The lowest BCUT2D eigenvalue weighted by Gasteiger charge is -2.09. The van der Waals surface area contributed by atoms with E-state index in [1.54, 1.807) is 0 Å². The van der Waals surface area contributed by atoms with Crippen LogP contribution in [0.1, 0.15) is 12.5 Å². The van der Waals surface area contributed by atoms with Gasteiger partial charge in [0, 0.05) is 5.69 Å². The number of benzene rings is 2. The smallest absolute Gasteiger partial charge is 0.416 e. The first kappa shape index (κ1) is 20.7. The Bertz CT molecular complexity index is 991. The van der Waals surface area contributed by atoms with Gasteiger partial charge < -0.3 is 10.1 Å². The highest BCUT2D eigenvalue weighted by Crippen LogP contribution is 2.31. The fraction of sp³-hybridized carbons (Fsp3) is 0.211. The zero-order valence-electron chi connectivity index (χ0n) is 15.3. The fourth-order valence-corrected chi connectivity index (χ4v) is 3.07. The molecule has 1 aromatic heterocycles. The zero-order valence-corrected chi connectivity index (χ0v) is 16.1. The standard InChI is InChI=1S/C19H17F3N4O2S/c1-2-28-15-9-4-3-8-14(15)17-24-18(26-25-17)29-11-16(27)23-13-7-5-6-12(10-13)19(20,21)22/h3-10H,2,11H2,1H3,(H,23,27)(H,24,25,26). The summed E-state index contributed by atoms with van der Waals surface area (Å²) in [5.41, 5.74) is -0.0108. The van der Waals surface area contributed by atoms with Crippen LogP contribution in [-0.2, 0) is 11.0 Å². The van der Waals surface area contributed by atoms with Crippen molar-refractivity contribution in [2.24, 2.45) is 0 Å². The van der Waals surface area contributed by atoms with Gasteiger partial charge in [-0.1, -0.05) is 30.0 Å². The van der Waals surface area contributed by atoms with Crippen molar-refractivity contribution >= 4 is 23.4 Å². The summed E-state index contributed by atoms with van der Waals surface area (Å²) >= 11 is 1.06. The van der Waals surface area contributed by atoms with Gasteiger partial charge in [0.1, 0.15) is 5.75 Å². The quantitative estimate of drug-likeness (QED) is 0.543. The number of halogens is 3. The number of nitrogens with zero attached hydrogens (tertiary/aromatic N) is 2. The molecule has 3 aromatic rings. The topological polar surface area (TPSA) is 79.9 Å². The Morgan fingerprint density at radius 1 is 1.21 bits per heavy atom. The van der Waals surface area contributed by atoms with Crippen LogP contribution in [0.5, 0.6) is 5.75 Å². The number of H-pyrrole nitrogens is 1. The molecule has 0 saturated carbocycles. The number of thioether (sulfide) groups is 1. The molecule has 0 unspecified atom stereocenters. The van der Waals surface area contributed by atoms with Crippen LogP contribution in [0.3, 0.4) is 0 Å². The van der Waals surface area contributed by atoms with E-state index in [2.05, 4.69) is 20.5 Å². The Kier molecular flexibility index (Phi) is 6.42. The predicted molar refractivity (Wildman–Crippen MR) is 104 cm³/mol. The largest absolute Gasteiger partial charge is 0.493 e. The van der Waals surface area contributed by atoms with E-state index in [9.17, 15) is 18.0 Å². The Labute approximate surface area is 168 Å². The molecule has 0 radical (unpaired) electrons. The van der Waals surface area contributed by atoms with Gasteiger partial charge in [0.15, 0.2) is 5.82 Å². The molecule has 1 amide bonds. The normalized spacial score (nSPS) is 11.3. The van der Waals surface area contributed by atoms with Gasteiger partial charge in [0.25, 0.3) is 0 Å². The number of amides is 1. The van der Waals surface area contributed by atoms with Crippen molar-refractivity contribution in [2.45, 2.75) is 18.3 Å². The summed E-state index contributed by atoms with van der Waals surface area (Å²) in [6.07, 6.45) is -4.47. The first-order valence-corrected chi connectivity index (χ1v) is 9.60. The van der Waals surface area contributed by atoms with Gasteiger partial charge >= 0.3 is 6.18 Å². The van der Waals surface area contributed by atoms with Gasteiger partial charge in [-0.3, -0.25) is 9.89 Å². The van der Waals surface area contributed by atoms with Crippen LogP contribution in [-0.4, -0.2) is 33.4 Å². The van der Waals surface area contributed by atoms with Gasteiger partial charge in [0.2, 0.25) is 11.1 Å². The van der Waals surface area contributed by atoms with Crippen LogP contribution in [0.2, 0.25) is 0 Å². The van der Waals surface area contributed by atoms with Crippen LogP contribution in [0.25, 0.3) is 11.4 Å². The number of alkyl halides is 3. The number of anilines is 1. The van der Waals surface area contributed by atoms with Gasteiger partial charge in [0.05, 0.1) is 23.5 Å². The van der Waals surface area contributed by atoms with Crippen molar-refractivity contribution in [3.8, 4) is 17.1 Å². The Hall–Kier alpha value is -3.01. The van der Waals surface area contributed by atoms with E-state index < -0.39 is 17.6 Å². The van der Waals surface area contributed by atoms with Crippen molar-refractivity contribution in [1.82, 2.24) is 15.2 Å². The maximum absolute atomic E-state index is 12.7. The number of hydrogen-bond donors (Lipinski definition) is 2. The fourth-order valence-electron chi connectivity index (χ4n) is 2.48. The second-order valence-electron chi connectivity index (χ2n) is 5.81. The molecule has 0 atom stereocenters. The summed E-state index contributed by atoms with van der Waals surface area (Å²) in [5.74, 6) is 0.635. The number of para-hydroxylation sites is 1. The molecule has 0 aliphatic carbocycles. The highest BCUT2D eigenvalue weighted by atomic mass is 32.2. The number of carbonyl (C=O) groups is 1. The molecule has 0 spiro atoms. The van der Waals surface area contributed by atoms with Gasteiger partial charge in [-0.25, -0.2) is 4.98 Å². The molecule has 0 bridgehead atoms. The van der Waals surface area contributed by atoms with Crippen molar-refractivity contribution in [3.63, 3.8) is 0 Å². The third kappa shape index (κ3) is 5.50. The zero-order chi connectivity index (χ0) is 20.9. The lowest BCUT2D eigenvalue weighted by Crippen LogP contribution is -2.15. The average Bonchev–Trinajstić information content (AvgIpc) is 3.15. The number of carbonyl (C=O) groups excluding carboxylic acids is 1. The van der Waals surface area contributed by atoms with Crippen LogP contribution in [0.15, 0.2) is 53.7 Å². The molecule has 0 aliphatic heterocycles. The third-order valence-corrected chi connectivity index (χ3v) is 4.56. The number of hydrogen-bond acceptors (Lipinski definition) is 5. The first-order chi connectivity index (χ1) is 13.9. The van der Waals surface area contributed by atoms with Crippen LogP contribution in [0.4, 0.5) is 18.9 Å². The highest BCUT2D eigenvalue weighted by Gasteiger charge is 2.30. The lowest BCUT2D eigenvalue weighted by molar-refractivity contribution is -0.137. The molecule has 6 nitrogen and oxygen atoms in total. The molecule has 10 heteroatoms. The second kappa shape index (κ2) is 8.99. The summed E-state index contributed by atoms with van der Waals surface area (Å²) < 4.78 is 43.8. The molecular formula is C19H17F3N4O2S. The van der Waals surface area contributed by atoms with Crippen LogP contribution >= 0.6 is 11.8 Å². The van der Waals surface area contributed by atoms with E-state index >= 15 is 0 Å². The molecule has 0 saturated heterocycles. The lowest BCUT2D eigenvalue weighted by atomic mass is 10.2. The van der Waals surface area contributed by atoms with E-state index in [0.29, 0.717) is 23.3 Å². The third-order valence-electron chi connectivity index (χ3n) is 3.71. The molecule has 29 heavy (non-hydrogen) atoms. The van der Waals surface area contributed by atoms with Crippen LogP contribution < -0.4 is 10.1 Å². The first-order valence-electron chi connectivity index (χ1n) is 8.61. The summed E-state index contributed by atoms with van der Waals surface area (Å²) in [6, 6.07) is 11.8. The molecule has 2 aromatic carbocycles. The SMILES string of the molecule is CCOc1ccccc1-c1nc(SCC(=O)Nc2cccc(C(F)(F)F)c2)n[nH]1. The molecule has 1 heterocycles. The van der Waals surface area contributed by atoms with E-state index in [1.807, 2.05) is 31.2 Å². The van der Waals surface area contributed by atoms with E-state index in [-0.39, 0.29) is 11.4 Å². The minimum absolute atomic E-state index is 0.0549. The Balaban J connectivity index is 1.61. The molecular weight excluding hydrogens is 405 g/mol. The number of ether oxygens (including phenoxy) is 1. The van der Waals surface area contributed by atoms with Gasteiger partial charge in [-0.15, -0.1) is 5.10 Å². The number of aromatic amines is 1. The van der Waals surface area contributed by atoms with Gasteiger partial charge in [-0.05, 0) is 37.3 Å². The number of nitrogens with one attached hydrogen (secondary N) is 2. The second-order valence-corrected chi connectivity index (χ2v) is 6.75. The molecule has 2 N–H and O–H groups in total. The Morgan fingerprint density at radius 3 is 2.76 bits per heavy atom. The van der Waals surface area contributed by atoms with E-state index in [0.717, 1.165) is 29.5 Å². The minimum atomic E-state index is -4.47. The highest BCUT2D eigenvalue weighted by molar-refractivity contribution is 7.99. The van der Waals surface area contributed by atoms with E-state index in [4.69, 9.17) is 4.74 Å². The molecule has 0 fully saturated rings. The average molecular weight is 422 g/mol. The summed E-state index contributed by atoms with van der Waals surface area (Å²) in [4.78, 5) is 16.4. The van der Waals surface area contributed by atoms with E-state index in [1.165, 1.54) is 12.1 Å². The van der Waals surface area contributed by atoms with Gasteiger partial charge in [-0.2, -0.15) is 13.2 Å². The summed E-state index contributed by atoms with van der Waals surface area (Å²) in [6.45, 7) is 2.38. The number of rotatable bonds is 7. The maximum atomic E-state index is 12.7. The minimum Gasteiger partial charge on any atom is -0.493 e. The molecule has 0 aliphatic rings. The summed E-state index contributed by atoms with van der Waals surface area (Å²) in [5, 5.41) is 9.64. The number of aromatic nitrogens is 3. The van der Waals surface area contributed by atoms with Crippen molar-refractivity contribution in [2.75, 3.05) is 17.7 Å². The predicted octanol–water partition coefficient (Wildman–Crippen LogP) is 4.62. The van der Waals surface area contributed by atoms with Crippen molar-refractivity contribution in [3.05, 3.63) is 54.1 Å². The molecule has 152 valence electrons. The van der Waals surface area contributed by atoms with Crippen molar-refractivity contribution < 1.29 is 22.7 Å². The Morgan fingerprint density at radius 2 is 2.00 bits per heavy atom. The maximum Gasteiger partial charge on any atom is 0.416 e.